The molecule has 0 fully saturated rings. The molecule has 1 aromatic heterocycles. The largest absolute Gasteiger partial charge is 0.492 e. The summed E-state index contributed by atoms with van der Waals surface area (Å²) in [4.78, 5) is 3.39. The van der Waals surface area contributed by atoms with Crippen molar-refractivity contribution < 1.29 is 18.3 Å². The Labute approximate surface area is 181 Å². The second-order valence-corrected chi connectivity index (χ2v) is 9.43. The Morgan fingerprint density at radius 2 is 1.71 bits per heavy atom. The Bertz CT molecular complexity index is 1310. The van der Waals surface area contributed by atoms with Crippen molar-refractivity contribution in [3.63, 3.8) is 0 Å². The summed E-state index contributed by atoms with van der Waals surface area (Å²) in [7, 11) is -3.34. The summed E-state index contributed by atoms with van der Waals surface area (Å²) in [6, 6.07) is 20.7. The predicted molar refractivity (Wildman–Crippen MR) is 124 cm³/mol. The number of para-hydroxylation sites is 1. The van der Waals surface area contributed by atoms with Gasteiger partial charge in [-0.1, -0.05) is 30.3 Å². The van der Waals surface area contributed by atoms with E-state index in [0.29, 0.717) is 24.4 Å². The molecular formula is C23H25N3O4S. The molecule has 0 aliphatic heterocycles. The molecule has 0 amide bonds. The van der Waals surface area contributed by atoms with Crippen LogP contribution in [0.4, 0.5) is 5.69 Å². The fraction of sp³-hybridized carbons (Fsp3) is 0.217. The number of benzene rings is 3. The van der Waals surface area contributed by atoms with Gasteiger partial charge in [0.15, 0.2) is 0 Å². The van der Waals surface area contributed by atoms with E-state index in [-0.39, 0.29) is 0 Å². The van der Waals surface area contributed by atoms with Gasteiger partial charge in [-0.05, 0) is 42.8 Å². The summed E-state index contributed by atoms with van der Waals surface area (Å²) >= 11 is 0. The van der Waals surface area contributed by atoms with Crippen LogP contribution in [0.25, 0.3) is 21.8 Å². The van der Waals surface area contributed by atoms with Crippen molar-refractivity contribution in [3.8, 4) is 5.75 Å². The molecule has 0 bridgehead atoms. The molecule has 3 aromatic carbocycles. The number of fused-ring (bicyclic) bond motifs is 3. The lowest BCUT2D eigenvalue weighted by Gasteiger charge is -2.25. The number of aliphatic hydroxyl groups is 1. The van der Waals surface area contributed by atoms with E-state index >= 15 is 0 Å². The van der Waals surface area contributed by atoms with Crippen molar-refractivity contribution in [1.29, 1.82) is 0 Å². The molecule has 0 saturated carbocycles. The number of anilines is 1. The van der Waals surface area contributed by atoms with Gasteiger partial charge in [-0.25, -0.2) is 8.42 Å². The van der Waals surface area contributed by atoms with Crippen LogP contribution in [0.2, 0.25) is 0 Å². The highest BCUT2D eigenvalue weighted by Crippen LogP contribution is 2.28. The average Bonchev–Trinajstić information content (AvgIpc) is 3.08. The van der Waals surface area contributed by atoms with Gasteiger partial charge in [-0.3, -0.25) is 10.0 Å². The van der Waals surface area contributed by atoms with Crippen LogP contribution in [0.1, 0.15) is 12.5 Å². The minimum atomic E-state index is -3.34. The van der Waals surface area contributed by atoms with Crippen molar-refractivity contribution in [2.24, 2.45) is 0 Å². The molecule has 0 spiro atoms. The molecule has 4 rings (SSSR count). The third-order valence-electron chi connectivity index (χ3n) is 5.07. The Kier molecular flexibility index (Phi) is 5.62. The molecule has 31 heavy (non-hydrogen) atoms. The second kappa shape index (κ2) is 8.22. The lowest BCUT2D eigenvalue weighted by Crippen LogP contribution is -2.41. The van der Waals surface area contributed by atoms with Gasteiger partial charge in [0.2, 0.25) is 10.0 Å². The molecule has 0 aliphatic rings. The number of H-pyrrole nitrogens is 1. The molecular weight excluding hydrogens is 414 g/mol. The number of hydrogen-bond donors (Lipinski definition) is 4. The van der Waals surface area contributed by atoms with Crippen LogP contribution in [0.5, 0.6) is 5.75 Å². The van der Waals surface area contributed by atoms with Crippen LogP contribution in [0.15, 0.2) is 66.7 Å². The van der Waals surface area contributed by atoms with E-state index in [2.05, 4.69) is 21.1 Å². The van der Waals surface area contributed by atoms with Crippen molar-refractivity contribution in [2.45, 2.75) is 12.6 Å². The number of sulfonamides is 1. The van der Waals surface area contributed by atoms with E-state index < -0.39 is 15.7 Å². The van der Waals surface area contributed by atoms with Crippen molar-refractivity contribution in [3.05, 3.63) is 72.3 Å². The highest BCUT2D eigenvalue weighted by molar-refractivity contribution is 7.92. The van der Waals surface area contributed by atoms with Gasteiger partial charge >= 0.3 is 0 Å². The third kappa shape index (κ3) is 4.99. The molecule has 1 unspecified atom stereocenters. The molecule has 1 heterocycles. The Balaban J connectivity index is 1.34. The maximum Gasteiger partial charge on any atom is 0.229 e. The SMILES string of the molecule is CC(O)(NCCOc1ccc2c(c1)[nH]c1ccccc12)c1ccc(NS(C)(=O)=O)cc1. The van der Waals surface area contributed by atoms with E-state index in [0.717, 1.165) is 28.4 Å². The molecule has 7 nitrogen and oxygen atoms in total. The molecule has 1 atom stereocenters. The van der Waals surface area contributed by atoms with Crippen LogP contribution < -0.4 is 14.8 Å². The number of aromatic amines is 1. The quantitative estimate of drug-likeness (QED) is 0.248. The Hall–Kier alpha value is -3.07. The molecule has 8 heteroatoms. The zero-order valence-corrected chi connectivity index (χ0v) is 18.2. The summed E-state index contributed by atoms with van der Waals surface area (Å²) in [6.45, 7) is 2.43. The maximum atomic E-state index is 11.3. The minimum absolute atomic E-state index is 0.371. The summed E-state index contributed by atoms with van der Waals surface area (Å²) in [5, 5.41) is 16.1. The van der Waals surface area contributed by atoms with Gasteiger partial charge in [-0.2, -0.15) is 0 Å². The van der Waals surface area contributed by atoms with E-state index in [9.17, 15) is 13.5 Å². The molecule has 0 aliphatic carbocycles. The third-order valence-corrected chi connectivity index (χ3v) is 5.67. The second-order valence-electron chi connectivity index (χ2n) is 7.68. The minimum Gasteiger partial charge on any atom is -0.492 e. The van der Waals surface area contributed by atoms with Crippen LogP contribution in [-0.2, 0) is 15.7 Å². The zero-order chi connectivity index (χ0) is 22.1. The first kappa shape index (κ1) is 21.2. The number of rotatable bonds is 8. The summed E-state index contributed by atoms with van der Waals surface area (Å²) < 4.78 is 30.8. The van der Waals surface area contributed by atoms with Crippen LogP contribution in [0, 0.1) is 0 Å². The maximum absolute atomic E-state index is 11.3. The average molecular weight is 440 g/mol. The van der Waals surface area contributed by atoms with Gasteiger partial charge in [-0.15, -0.1) is 0 Å². The summed E-state index contributed by atoms with van der Waals surface area (Å²) in [5.74, 6) is 0.747. The van der Waals surface area contributed by atoms with Gasteiger partial charge < -0.3 is 14.8 Å². The Morgan fingerprint density at radius 3 is 2.45 bits per heavy atom. The van der Waals surface area contributed by atoms with Crippen molar-refractivity contribution in [1.82, 2.24) is 10.3 Å². The highest BCUT2D eigenvalue weighted by atomic mass is 32.2. The standard InChI is InChI=1S/C23H25N3O4S/c1-23(27,16-7-9-17(10-8-16)26-31(2,28)29)24-13-14-30-18-11-12-20-19-5-3-4-6-21(19)25-22(20)15-18/h3-12,15,24-27H,13-14H2,1-2H3. The number of hydrogen-bond acceptors (Lipinski definition) is 5. The number of ether oxygens (including phenoxy) is 1. The fourth-order valence-electron chi connectivity index (χ4n) is 3.57. The van der Waals surface area contributed by atoms with Crippen LogP contribution >= 0.6 is 0 Å². The van der Waals surface area contributed by atoms with E-state index in [1.54, 1.807) is 31.2 Å². The first-order valence-corrected chi connectivity index (χ1v) is 11.8. The fourth-order valence-corrected chi connectivity index (χ4v) is 4.13. The first-order chi connectivity index (χ1) is 14.7. The normalized spacial score (nSPS) is 13.9. The van der Waals surface area contributed by atoms with Gasteiger partial charge in [0.05, 0.1) is 11.8 Å². The molecule has 162 valence electrons. The molecule has 0 radical (unpaired) electrons. The van der Waals surface area contributed by atoms with Gasteiger partial charge in [0.25, 0.3) is 0 Å². The van der Waals surface area contributed by atoms with Gasteiger partial charge in [0, 0.05) is 34.6 Å². The molecule has 0 saturated heterocycles. The van der Waals surface area contributed by atoms with E-state index in [1.807, 2.05) is 36.4 Å². The Morgan fingerprint density at radius 1 is 1.00 bits per heavy atom. The zero-order valence-electron chi connectivity index (χ0n) is 17.3. The highest BCUT2D eigenvalue weighted by Gasteiger charge is 2.22. The number of aromatic nitrogens is 1. The van der Waals surface area contributed by atoms with Crippen molar-refractivity contribution >= 4 is 37.5 Å². The number of nitrogens with one attached hydrogen (secondary N) is 3. The molecule has 4 aromatic rings. The van der Waals surface area contributed by atoms with Crippen LogP contribution in [-0.4, -0.2) is 37.9 Å². The topological polar surface area (TPSA) is 103 Å². The van der Waals surface area contributed by atoms with Gasteiger partial charge in [0.1, 0.15) is 18.1 Å². The predicted octanol–water partition coefficient (Wildman–Crippen LogP) is 3.53. The summed E-state index contributed by atoms with van der Waals surface area (Å²) in [6.07, 6.45) is 1.09. The van der Waals surface area contributed by atoms with Crippen LogP contribution in [0.3, 0.4) is 0 Å². The lowest BCUT2D eigenvalue weighted by molar-refractivity contribution is 0.0169. The lowest BCUT2D eigenvalue weighted by atomic mass is 10.0. The monoisotopic (exact) mass is 439 g/mol. The smallest absolute Gasteiger partial charge is 0.229 e. The summed E-state index contributed by atoms with van der Waals surface area (Å²) in [5.41, 5.74) is 1.88. The van der Waals surface area contributed by atoms with E-state index in [1.165, 1.54) is 5.39 Å². The van der Waals surface area contributed by atoms with Crippen molar-refractivity contribution in [2.75, 3.05) is 24.1 Å². The molecule has 4 N–H and O–H groups in total. The first-order valence-electron chi connectivity index (χ1n) is 9.90. The van der Waals surface area contributed by atoms with E-state index in [4.69, 9.17) is 4.74 Å².